The van der Waals surface area contributed by atoms with Gasteiger partial charge in [-0.2, -0.15) is 0 Å². The van der Waals surface area contributed by atoms with Crippen LogP contribution >= 0.6 is 0 Å². The maximum absolute atomic E-state index is 13.5. The van der Waals surface area contributed by atoms with E-state index in [-0.39, 0.29) is 18.9 Å². The van der Waals surface area contributed by atoms with E-state index in [2.05, 4.69) is 43.5 Å². The molecule has 0 spiro atoms. The standard InChI is InChI=1S/C79H147NO18/c1-3-5-7-9-11-13-15-17-19-21-23-25-27-28-29-30-31-32-33-34-35-37-39-41-43-45-47-49-51-53-55-57-67(85)80-62(63(84)56-54-52-50-48-46-44-42-40-38-36-26-24-22-20-18-16-14-12-10-8-6-4-2)61-93-77-73(91)70(88)75(65(59-82)95-77)98-79-74(92)71(89)76(66(60-83)96-79)97-78-72(90)69(87)68(86)64(58-81)94-78/h21,23,46,48,54,56,62-66,68-79,81-84,86-92H,3-20,22,24-45,47,49-53,55,57-61H2,1-2H3,(H,80,85)/b23-21-,48-46+,56-54+. The summed E-state index contributed by atoms with van der Waals surface area (Å²) in [6.45, 7) is 1.77. The van der Waals surface area contributed by atoms with E-state index in [1.54, 1.807) is 6.08 Å². The van der Waals surface area contributed by atoms with Crippen molar-refractivity contribution in [2.75, 3.05) is 26.4 Å². The quantitative estimate of drug-likeness (QED) is 0.0199. The smallest absolute Gasteiger partial charge is 0.220 e. The molecule has 0 aromatic heterocycles. The third-order valence-corrected chi connectivity index (χ3v) is 20.2. The third kappa shape index (κ3) is 40.3. The molecule has 0 radical (unpaired) electrons. The van der Waals surface area contributed by atoms with Gasteiger partial charge in [0, 0.05) is 6.42 Å². The van der Waals surface area contributed by atoms with Crippen LogP contribution in [-0.2, 0) is 33.2 Å². The maximum Gasteiger partial charge on any atom is 0.220 e. The zero-order valence-electron chi connectivity index (χ0n) is 61.5. The number of aliphatic hydroxyl groups excluding tert-OH is 11. The van der Waals surface area contributed by atoms with Crippen LogP contribution in [0.5, 0.6) is 0 Å². The summed E-state index contributed by atoms with van der Waals surface area (Å²) >= 11 is 0. The molecule has 0 aromatic rings. The number of unbranched alkanes of at least 4 members (excludes halogenated alkanes) is 44. The Morgan fingerprint density at radius 1 is 0.357 bits per heavy atom. The highest BCUT2D eigenvalue weighted by atomic mass is 16.8. The van der Waals surface area contributed by atoms with Gasteiger partial charge in [-0.25, -0.2) is 0 Å². The fourth-order valence-electron chi connectivity index (χ4n) is 13.7. The summed E-state index contributed by atoms with van der Waals surface area (Å²) in [6, 6.07) is -0.990. The predicted octanol–water partition coefficient (Wildman–Crippen LogP) is 13.1. The average Bonchev–Trinajstić information content (AvgIpc) is 0.785. The molecule has 17 atom stereocenters. The molecule has 19 heteroatoms. The lowest BCUT2D eigenvalue weighted by atomic mass is 9.96. The first kappa shape index (κ1) is 90.2. The summed E-state index contributed by atoms with van der Waals surface area (Å²) in [6.07, 6.45) is 47.1. The molecular formula is C79H147NO18. The van der Waals surface area contributed by atoms with Crippen LogP contribution in [0.1, 0.15) is 328 Å². The molecule has 0 saturated carbocycles. The Morgan fingerprint density at radius 2 is 0.653 bits per heavy atom. The molecule has 12 N–H and O–H groups in total. The molecule has 576 valence electrons. The number of allylic oxidation sites excluding steroid dienone is 5. The van der Waals surface area contributed by atoms with Gasteiger partial charge in [0.2, 0.25) is 5.91 Å². The maximum atomic E-state index is 13.5. The topological polar surface area (TPSA) is 307 Å². The van der Waals surface area contributed by atoms with E-state index in [0.717, 1.165) is 38.5 Å². The minimum absolute atomic E-state index is 0.239. The summed E-state index contributed by atoms with van der Waals surface area (Å²) in [5, 5.41) is 121. The molecule has 1 amide bonds. The van der Waals surface area contributed by atoms with Gasteiger partial charge in [0.1, 0.15) is 73.2 Å². The summed E-state index contributed by atoms with van der Waals surface area (Å²) in [5.41, 5.74) is 0. The van der Waals surface area contributed by atoms with E-state index in [0.29, 0.717) is 12.8 Å². The Labute approximate surface area is 593 Å². The third-order valence-electron chi connectivity index (χ3n) is 20.2. The molecule has 98 heavy (non-hydrogen) atoms. The molecule has 0 aromatic carbocycles. The van der Waals surface area contributed by atoms with Crippen molar-refractivity contribution >= 4 is 5.91 Å². The Balaban J connectivity index is 1.37. The summed E-state index contributed by atoms with van der Waals surface area (Å²) < 4.78 is 34.4. The van der Waals surface area contributed by atoms with Crippen LogP contribution in [-0.4, -0.2) is 193 Å². The van der Waals surface area contributed by atoms with E-state index >= 15 is 0 Å². The van der Waals surface area contributed by atoms with Gasteiger partial charge in [0.25, 0.3) is 0 Å². The highest BCUT2D eigenvalue weighted by Crippen LogP contribution is 2.33. The first-order valence-electron chi connectivity index (χ1n) is 40.2. The van der Waals surface area contributed by atoms with Crippen LogP contribution in [0, 0.1) is 0 Å². The molecule has 3 aliphatic heterocycles. The Morgan fingerprint density at radius 3 is 1.02 bits per heavy atom. The number of carbonyl (C=O) groups is 1. The van der Waals surface area contributed by atoms with Gasteiger partial charge in [-0.15, -0.1) is 0 Å². The van der Waals surface area contributed by atoms with E-state index in [9.17, 15) is 61.0 Å². The van der Waals surface area contributed by atoms with Crippen molar-refractivity contribution in [1.29, 1.82) is 0 Å². The van der Waals surface area contributed by atoms with Crippen molar-refractivity contribution in [2.24, 2.45) is 0 Å². The van der Waals surface area contributed by atoms with Crippen LogP contribution in [0.3, 0.4) is 0 Å². The van der Waals surface area contributed by atoms with Crippen LogP contribution in [0.4, 0.5) is 0 Å². The van der Waals surface area contributed by atoms with Crippen LogP contribution < -0.4 is 5.32 Å². The number of hydrogen-bond acceptors (Lipinski definition) is 18. The van der Waals surface area contributed by atoms with Crippen molar-refractivity contribution < 1.29 is 89.4 Å². The van der Waals surface area contributed by atoms with Gasteiger partial charge in [0.05, 0.1) is 38.6 Å². The second kappa shape index (κ2) is 60.3. The Bertz CT molecular complexity index is 1910. The molecule has 3 saturated heterocycles. The first-order valence-corrected chi connectivity index (χ1v) is 40.2. The minimum Gasteiger partial charge on any atom is -0.394 e. The van der Waals surface area contributed by atoms with Crippen molar-refractivity contribution in [1.82, 2.24) is 5.32 Å². The van der Waals surface area contributed by atoms with Gasteiger partial charge in [-0.05, 0) is 57.8 Å². The second-order valence-electron chi connectivity index (χ2n) is 28.9. The van der Waals surface area contributed by atoms with Crippen LogP contribution in [0.2, 0.25) is 0 Å². The molecule has 0 aliphatic carbocycles. The van der Waals surface area contributed by atoms with Gasteiger partial charge < -0.3 is 89.9 Å². The second-order valence-corrected chi connectivity index (χ2v) is 28.9. The first-order chi connectivity index (χ1) is 47.8. The highest BCUT2D eigenvalue weighted by Gasteiger charge is 2.54. The zero-order chi connectivity index (χ0) is 71.1. The predicted molar refractivity (Wildman–Crippen MR) is 388 cm³/mol. The Kier molecular flexibility index (Phi) is 55.5. The molecule has 3 aliphatic rings. The molecule has 3 fully saturated rings. The van der Waals surface area contributed by atoms with Gasteiger partial charge in [-0.1, -0.05) is 301 Å². The van der Waals surface area contributed by atoms with Gasteiger partial charge in [0.15, 0.2) is 18.9 Å². The number of ether oxygens (including phenoxy) is 6. The lowest BCUT2D eigenvalue weighted by molar-refractivity contribution is -0.379. The molecule has 19 nitrogen and oxygen atoms in total. The lowest BCUT2D eigenvalue weighted by Crippen LogP contribution is -2.66. The molecule has 17 unspecified atom stereocenters. The van der Waals surface area contributed by atoms with Crippen LogP contribution in [0.15, 0.2) is 36.5 Å². The number of hydrogen-bond donors (Lipinski definition) is 12. The average molecular weight is 1400 g/mol. The largest absolute Gasteiger partial charge is 0.394 e. The minimum atomic E-state index is -1.98. The summed E-state index contributed by atoms with van der Waals surface area (Å²) in [7, 11) is 0. The molecule has 3 heterocycles. The number of amides is 1. The van der Waals surface area contributed by atoms with E-state index < -0.39 is 124 Å². The zero-order valence-corrected chi connectivity index (χ0v) is 61.5. The number of rotatable bonds is 64. The SMILES string of the molecule is CCCCCCCCCC/C=C\CCCCCCCCCCCCCCCCCCCCCC(=O)NC(COC1OC(CO)C(OC2OC(CO)C(OC3OC(CO)C(O)C(O)C3O)C(O)C2O)C(O)C1O)C(O)/C=C/CC/C=C/CCCCCCCCCCCCCCCCCC. The van der Waals surface area contributed by atoms with Crippen molar-refractivity contribution in [2.45, 2.75) is 433 Å². The summed E-state index contributed by atoms with van der Waals surface area (Å²) in [5.74, 6) is -0.279. The van der Waals surface area contributed by atoms with Gasteiger partial charge in [-0.3, -0.25) is 4.79 Å². The Hall–Kier alpha value is -1.99. The van der Waals surface area contributed by atoms with Gasteiger partial charge >= 0.3 is 0 Å². The monoisotopic (exact) mass is 1400 g/mol. The van der Waals surface area contributed by atoms with Crippen molar-refractivity contribution in [3.63, 3.8) is 0 Å². The van der Waals surface area contributed by atoms with E-state index in [1.807, 2.05) is 6.08 Å². The van der Waals surface area contributed by atoms with Crippen molar-refractivity contribution in [3.8, 4) is 0 Å². The lowest BCUT2D eigenvalue weighted by Gasteiger charge is -2.48. The summed E-state index contributed by atoms with van der Waals surface area (Å²) in [4.78, 5) is 13.5. The highest BCUT2D eigenvalue weighted by molar-refractivity contribution is 5.76. The fraction of sp³-hybridized carbons (Fsp3) is 0.911. The number of carbonyl (C=O) groups excluding carboxylic acids is 1. The van der Waals surface area contributed by atoms with Crippen LogP contribution in [0.25, 0.3) is 0 Å². The van der Waals surface area contributed by atoms with Crippen molar-refractivity contribution in [3.05, 3.63) is 36.5 Å². The van der Waals surface area contributed by atoms with E-state index in [1.165, 1.54) is 257 Å². The fourth-order valence-corrected chi connectivity index (χ4v) is 13.7. The molecular weight excluding hydrogens is 1250 g/mol. The molecule has 3 rings (SSSR count). The number of aliphatic hydroxyl groups is 11. The molecule has 0 bridgehead atoms. The normalized spacial score (nSPS) is 26.9. The van der Waals surface area contributed by atoms with E-state index in [4.69, 9.17) is 28.4 Å². The number of nitrogens with one attached hydrogen (secondary N) is 1.